The van der Waals surface area contributed by atoms with Crippen molar-refractivity contribution in [2.24, 2.45) is 0 Å². The zero-order valence-corrected chi connectivity index (χ0v) is 7.97. The fourth-order valence-corrected chi connectivity index (χ4v) is 0.865. The molecule has 0 aliphatic heterocycles. The molecule has 80 valence electrons. The van der Waals surface area contributed by atoms with Gasteiger partial charge in [0.1, 0.15) is 12.4 Å². The van der Waals surface area contributed by atoms with Crippen molar-refractivity contribution in [3.63, 3.8) is 0 Å². The maximum absolute atomic E-state index is 10.8. The van der Waals surface area contributed by atoms with Crippen molar-refractivity contribution in [3.05, 3.63) is 28.4 Å². The minimum Gasteiger partial charge on any atom is -0.468 e. The van der Waals surface area contributed by atoms with Crippen LogP contribution in [0.4, 0.5) is 11.5 Å². The highest BCUT2D eigenvalue weighted by Gasteiger charge is 2.07. The van der Waals surface area contributed by atoms with Gasteiger partial charge in [0.25, 0.3) is 5.69 Å². The van der Waals surface area contributed by atoms with Gasteiger partial charge in [-0.1, -0.05) is 0 Å². The summed E-state index contributed by atoms with van der Waals surface area (Å²) in [5.41, 5.74) is -0.0858. The van der Waals surface area contributed by atoms with Gasteiger partial charge in [0.15, 0.2) is 0 Å². The van der Waals surface area contributed by atoms with Crippen LogP contribution in [0, 0.1) is 10.1 Å². The van der Waals surface area contributed by atoms with Gasteiger partial charge < -0.3 is 10.1 Å². The molecule has 0 aliphatic rings. The van der Waals surface area contributed by atoms with Gasteiger partial charge in [-0.2, -0.15) is 0 Å². The molecule has 0 spiro atoms. The van der Waals surface area contributed by atoms with Crippen LogP contribution in [0.2, 0.25) is 0 Å². The van der Waals surface area contributed by atoms with Crippen LogP contribution in [0.1, 0.15) is 0 Å². The lowest BCUT2D eigenvalue weighted by atomic mass is 10.4. The topological polar surface area (TPSA) is 94.4 Å². The number of pyridine rings is 1. The van der Waals surface area contributed by atoms with Crippen molar-refractivity contribution >= 4 is 17.5 Å². The van der Waals surface area contributed by atoms with Gasteiger partial charge >= 0.3 is 5.97 Å². The molecule has 7 heteroatoms. The predicted octanol–water partition coefficient (Wildman–Crippen LogP) is 0.575. The van der Waals surface area contributed by atoms with Crippen molar-refractivity contribution in [3.8, 4) is 0 Å². The van der Waals surface area contributed by atoms with Crippen LogP contribution in [0.5, 0.6) is 0 Å². The molecule has 0 unspecified atom stereocenters. The molecule has 0 saturated carbocycles. The fraction of sp³-hybridized carbons (Fsp3) is 0.250. The van der Waals surface area contributed by atoms with Gasteiger partial charge in [-0.05, 0) is 0 Å². The predicted molar refractivity (Wildman–Crippen MR) is 51.4 cm³/mol. The first-order valence-electron chi connectivity index (χ1n) is 4.04. The molecule has 1 aromatic heterocycles. The number of anilines is 1. The number of ether oxygens (including phenoxy) is 1. The van der Waals surface area contributed by atoms with E-state index in [4.69, 9.17) is 0 Å². The van der Waals surface area contributed by atoms with Crippen molar-refractivity contribution in [2.75, 3.05) is 19.0 Å². The Morgan fingerprint density at radius 2 is 2.47 bits per heavy atom. The van der Waals surface area contributed by atoms with Gasteiger partial charge in [-0.15, -0.1) is 0 Å². The summed E-state index contributed by atoms with van der Waals surface area (Å²) in [5.74, 6) is -0.210. The number of methoxy groups -OCH3 is 1. The van der Waals surface area contributed by atoms with Gasteiger partial charge in [0, 0.05) is 12.3 Å². The van der Waals surface area contributed by atoms with E-state index in [-0.39, 0.29) is 18.1 Å². The SMILES string of the molecule is COC(=O)CNc1cc([N+](=O)[O-])ccn1. The van der Waals surface area contributed by atoms with Crippen molar-refractivity contribution in [2.45, 2.75) is 0 Å². The number of carbonyl (C=O) groups excluding carboxylic acids is 1. The van der Waals surface area contributed by atoms with E-state index in [0.29, 0.717) is 0 Å². The Morgan fingerprint density at radius 1 is 1.73 bits per heavy atom. The Balaban J connectivity index is 2.66. The summed E-state index contributed by atoms with van der Waals surface area (Å²) in [6.45, 7) is -0.0787. The summed E-state index contributed by atoms with van der Waals surface area (Å²) < 4.78 is 4.39. The van der Waals surface area contributed by atoms with E-state index in [2.05, 4.69) is 15.0 Å². The van der Waals surface area contributed by atoms with Crippen LogP contribution >= 0.6 is 0 Å². The molecular formula is C8H9N3O4. The number of nitrogens with zero attached hydrogens (tertiary/aromatic N) is 2. The number of rotatable bonds is 4. The lowest BCUT2D eigenvalue weighted by molar-refractivity contribution is -0.384. The van der Waals surface area contributed by atoms with E-state index in [1.807, 2.05) is 0 Å². The minimum absolute atomic E-state index is 0.0787. The minimum atomic E-state index is -0.537. The molecule has 7 nitrogen and oxygen atoms in total. The van der Waals surface area contributed by atoms with E-state index in [1.54, 1.807) is 0 Å². The summed E-state index contributed by atoms with van der Waals surface area (Å²) in [7, 11) is 1.25. The number of hydrogen-bond acceptors (Lipinski definition) is 6. The van der Waals surface area contributed by atoms with Crippen LogP contribution in [0.25, 0.3) is 0 Å². The molecular weight excluding hydrogens is 202 g/mol. The number of hydrogen-bond donors (Lipinski definition) is 1. The first-order valence-corrected chi connectivity index (χ1v) is 4.04. The van der Waals surface area contributed by atoms with E-state index in [9.17, 15) is 14.9 Å². The third kappa shape index (κ3) is 3.22. The monoisotopic (exact) mass is 211 g/mol. The largest absolute Gasteiger partial charge is 0.468 e. The first kappa shape index (κ1) is 10.9. The molecule has 0 amide bonds. The smallest absolute Gasteiger partial charge is 0.325 e. The van der Waals surface area contributed by atoms with Crippen molar-refractivity contribution in [1.29, 1.82) is 0 Å². The third-order valence-electron chi connectivity index (χ3n) is 1.60. The Bertz CT molecular complexity index is 380. The second-order valence-electron chi connectivity index (χ2n) is 2.59. The number of nitro groups is 1. The molecule has 0 bridgehead atoms. The molecule has 1 heterocycles. The van der Waals surface area contributed by atoms with E-state index < -0.39 is 10.9 Å². The molecule has 0 radical (unpaired) electrons. The number of esters is 1. The maximum atomic E-state index is 10.8. The second kappa shape index (κ2) is 4.89. The van der Waals surface area contributed by atoms with Gasteiger partial charge in [0.05, 0.1) is 18.1 Å². The molecule has 0 saturated heterocycles. The van der Waals surface area contributed by atoms with Gasteiger partial charge in [-0.25, -0.2) is 4.98 Å². The highest BCUT2D eigenvalue weighted by atomic mass is 16.6. The normalized spacial score (nSPS) is 9.40. The van der Waals surface area contributed by atoms with Crippen molar-refractivity contribution in [1.82, 2.24) is 4.98 Å². The van der Waals surface area contributed by atoms with Crippen LogP contribution in [-0.2, 0) is 9.53 Å². The Hall–Kier alpha value is -2.18. The Kier molecular flexibility index (Phi) is 3.55. The van der Waals surface area contributed by atoms with E-state index >= 15 is 0 Å². The molecule has 1 rings (SSSR count). The summed E-state index contributed by atoms with van der Waals surface area (Å²) in [6, 6.07) is 2.51. The summed E-state index contributed by atoms with van der Waals surface area (Å²) >= 11 is 0. The second-order valence-corrected chi connectivity index (χ2v) is 2.59. The van der Waals surface area contributed by atoms with Crippen LogP contribution < -0.4 is 5.32 Å². The van der Waals surface area contributed by atoms with Crippen LogP contribution in [-0.4, -0.2) is 29.5 Å². The average Bonchev–Trinajstić information content (AvgIpc) is 2.26. The first-order chi connectivity index (χ1) is 7.13. The van der Waals surface area contributed by atoms with Crippen LogP contribution in [0.3, 0.4) is 0 Å². The average molecular weight is 211 g/mol. The quantitative estimate of drug-likeness (QED) is 0.444. The molecule has 1 aromatic rings. The van der Waals surface area contributed by atoms with E-state index in [1.165, 1.54) is 25.4 Å². The lowest BCUT2D eigenvalue weighted by Gasteiger charge is -2.02. The number of carbonyl (C=O) groups is 1. The third-order valence-corrected chi connectivity index (χ3v) is 1.60. The zero-order valence-electron chi connectivity index (χ0n) is 7.97. The highest BCUT2D eigenvalue weighted by molar-refractivity contribution is 5.74. The lowest BCUT2D eigenvalue weighted by Crippen LogP contribution is -2.15. The summed E-state index contributed by atoms with van der Waals surface area (Å²) in [4.78, 5) is 24.4. The molecule has 0 fully saturated rings. The molecule has 0 atom stereocenters. The van der Waals surface area contributed by atoms with Gasteiger partial charge in [-0.3, -0.25) is 14.9 Å². The Morgan fingerprint density at radius 3 is 3.07 bits per heavy atom. The summed E-state index contributed by atoms with van der Waals surface area (Å²) in [5, 5.41) is 13.0. The molecule has 1 N–H and O–H groups in total. The molecule has 0 aliphatic carbocycles. The Labute approximate surface area is 85.2 Å². The van der Waals surface area contributed by atoms with Gasteiger partial charge in [0.2, 0.25) is 0 Å². The zero-order chi connectivity index (χ0) is 11.3. The highest BCUT2D eigenvalue weighted by Crippen LogP contribution is 2.13. The van der Waals surface area contributed by atoms with E-state index in [0.717, 1.165) is 0 Å². The number of aromatic nitrogens is 1. The van der Waals surface area contributed by atoms with Crippen molar-refractivity contribution < 1.29 is 14.5 Å². The summed E-state index contributed by atoms with van der Waals surface area (Å²) in [6.07, 6.45) is 1.29. The maximum Gasteiger partial charge on any atom is 0.325 e. The fourth-order valence-electron chi connectivity index (χ4n) is 0.865. The molecule has 15 heavy (non-hydrogen) atoms. The standard InChI is InChI=1S/C8H9N3O4/c1-15-8(12)5-10-7-4-6(11(13)14)2-3-9-7/h2-4H,5H2,1H3,(H,9,10). The number of nitrogens with one attached hydrogen (secondary N) is 1. The molecule has 0 aromatic carbocycles. The van der Waals surface area contributed by atoms with Crippen LogP contribution in [0.15, 0.2) is 18.3 Å².